The van der Waals surface area contributed by atoms with E-state index in [-0.39, 0.29) is 42.1 Å². The predicted molar refractivity (Wildman–Crippen MR) is 109 cm³/mol. The third kappa shape index (κ3) is 4.91. The maximum atomic E-state index is 12.8. The molecular formula is C22H31N3O3. The van der Waals surface area contributed by atoms with Crippen LogP contribution < -0.4 is 10.6 Å². The van der Waals surface area contributed by atoms with Crippen molar-refractivity contribution in [2.24, 2.45) is 5.92 Å². The molecule has 1 aliphatic carbocycles. The Hall–Kier alpha value is -2.37. The zero-order valence-corrected chi connectivity index (χ0v) is 16.9. The van der Waals surface area contributed by atoms with Gasteiger partial charge in [0.05, 0.1) is 17.2 Å². The summed E-state index contributed by atoms with van der Waals surface area (Å²) in [4.78, 5) is 39.7. The standard InChI is InChI=1S/C22H31N3O3/c1-15(2)23-22(28)18-11-7-8-12-19(18)24-21(27)16-13-20(26)25(14-16)17-9-5-3-4-6-10-17/h7-8,11-12,15-17H,3-6,9-10,13-14H2,1-2H3,(H,23,28)(H,24,27). The molecule has 2 aliphatic rings. The molecule has 1 saturated carbocycles. The van der Waals surface area contributed by atoms with Crippen LogP contribution in [0.15, 0.2) is 24.3 Å². The molecule has 3 rings (SSSR count). The number of hydrogen-bond acceptors (Lipinski definition) is 3. The third-order valence-electron chi connectivity index (χ3n) is 5.64. The Labute approximate surface area is 167 Å². The molecule has 1 aromatic carbocycles. The lowest BCUT2D eigenvalue weighted by molar-refractivity contribution is -0.130. The van der Waals surface area contributed by atoms with Gasteiger partial charge in [-0.25, -0.2) is 0 Å². The fourth-order valence-electron chi connectivity index (χ4n) is 4.19. The van der Waals surface area contributed by atoms with Crippen LogP contribution in [0.2, 0.25) is 0 Å². The number of nitrogens with one attached hydrogen (secondary N) is 2. The van der Waals surface area contributed by atoms with Gasteiger partial charge in [0.1, 0.15) is 0 Å². The average Bonchev–Trinajstić information content (AvgIpc) is 2.87. The van der Waals surface area contributed by atoms with E-state index in [1.807, 2.05) is 18.7 Å². The number of benzene rings is 1. The van der Waals surface area contributed by atoms with Crippen LogP contribution in [0.25, 0.3) is 0 Å². The van der Waals surface area contributed by atoms with Gasteiger partial charge in [0.2, 0.25) is 11.8 Å². The number of carbonyl (C=O) groups is 3. The van der Waals surface area contributed by atoms with Gasteiger partial charge < -0.3 is 15.5 Å². The van der Waals surface area contributed by atoms with Gasteiger partial charge in [-0.15, -0.1) is 0 Å². The molecule has 1 saturated heterocycles. The van der Waals surface area contributed by atoms with Crippen LogP contribution in [0.5, 0.6) is 0 Å². The molecule has 2 fully saturated rings. The number of carbonyl (C=O) groups excluding carboxylic acids is 3. The Morgan fingerprint density at radius 3 is 2.43 bits per heavy atom. The maximum Gasteiger partial charge on any atom is 0.253 e. The number of hydrogen-bond donors (Lipinski definition) is 2. The van der Waals surface area contributed by atoms with Gasteiger partial charge in [0.15, 0.2) is 0 Å². The fourth-order valence-corrected chi connectivity index (χ4v) is 4.19. The van der Waals surface area contributed by atoms with Crippen LogP contribution in [-0.4, -0.2) is 41.2 Å². The molecule has 1 aromatic rings. The normalized spacial score (nSPS) is 20.9. The summed E-state index contributed by atoms with van der Waals surface area (Å²) in [6.07, 6.45) is 7.11. The van der Waals surface area contributed by atoms with Crippen molar-refractivity contribution < 1.29 is 14.4 Å². The monoisotopic (exact) mass is 385 g/mol. The summed E-state index contributed by atoms with van der Waals surface area (Å²) in [5.74, 6) is -0.683. The summed E-state index contributed by atoms with van der Waals surface area (Å²) in [7, 11) is 0. The summed E-state index contributed by atoms with van der Waals surface area (Å²) in [6, 6.07) is 7.28. The molecule has 1 aliphatic heterocycles. The molecule has 28 heavy (non-hydrogen) atoms. The smallest absolute Gasteiger partial charge is 0.253 e. The molecule has 6 nitrogen and oxygen atoms in total. The van der Waals surface area contributed by atoms with Crippen LogP contribution in [0.4, 0.5) is 5.69 Å². The van der Waals surface area contributed by atoms with Crippen LogP contribution in [-0.2, 0) is 9.59 Å². The first-order valence-electron chi connectivity index (χ1n) is 10.5. The van der Waals surface area contributed by atoms with E-state index in [2.05, 4.69) is 10.6 Å². The number of anilines is 1. The minimum absolute atomic E-state index is 0.0110. The van der Waals surface area contributed by atoms with E-state index in [1.54, 1.807) is 24.3 Å². The largest absolute Gasteiger partial charge is 0.350 e. The van der Waals surface area contributed by atoms with E-state index in [4.69, 9.17) is 0 Å². The van der Waals surface area contributed by atoms with E-state index in [0.29, 0.717) is 17.8 Å². The Bertz CT molecular complexity index is 723. The summed E-state index contributed by atoms with van der Waals surface area (Å²) in [6.45, 7) is 4.27. The van der Waals surface area contributed by atoms with E-state index in [1.165, 1.54) is 12.8 Å². The fraction of sp³-hybridized carbons (Fsp3) is 0.591. The number of amides is 3. The summed E-state index contributed by atoms with van der Waals surface area (Å²) in [5.41, 5.74) is 0.931. The van der Waals surface area contributed by atoms with Crippen molar-refractivity contribution >= 4 is 23.4 Å². The average molecular weight is 386 g/mol. The molecule has 1 unspecified atom stereocenters. The Morgan fingerprint density at radius 1 is 1.07 bits per heavy atom. The third-order valence-corrected chi connectivity index (χ3v) is 5.64. The second kappa shape index (κ2) is 9.22. The van der Waals surface area contributed by atoms with E-state index in [9.17, 15) is 14.4 Å². The highest BCUT2D eigenvalue weighted by molar-refractivity contribution is 6.05. The second-order valence-electron chi connectivity index (χ2n) is 8.26. The van der Waals surface area contributed by atoms with Crippen molar-refractivity contribution in [3.63, 3.8) is 0 Å². The van der Waals surface area contributed by atoms with Crippen molar-refractivity contribution in [1.82, 2.24) is 10.2 Å². The molecular weight excluding hydrogens is 354 g/mol. The number of nitrogens with zero attached hydrogens (tertiary/aromatic N) is 1. The summed E-state index contributed by atoms with van der Waals surface area (Å²) < 4.78 is 0. The van der Waals surface area contributed by atoms with Gasteiger partial charge in [0, 0.05) is 25.0 Å². The first-order valence-corrected chi connectivity index (χ1v) is 10.5. The molecule has 0 radical (unpaired) electrons. The minimum atomic E-state index is -0.364. The first kappa shape index (κ1) is 20.4. The second-order valence-corrected chi connectivity index (χ2v) is 8.26. The highest BCUT2D eigenvalue weighted by Gasteiger charge is 2.38. The molecule has 2 N–H and O–H groups in total. The van der Waals surface area contributed by atoms with Crippen molar-refractivity contribution in [2.75, 3.05) is 11.9 Å². The van der Waals surface area contributed by atoms with Gasteiger partial charge >= 0.3 is 0 Å². The molecule has 0 spiro atoms. The van der Waals surface area contributed by atoms with E-state index < -0.39 is 0 Å². The SMILES string of the molecule is CC(C)NC(=O)c1ccccc1NC(=O)C1CC(=O)N(C2CCCCCC2)C1. The van der Waals surface area contributed by atoms with Gasteiger partial charge in [-0.2, -0.15) is 0 Å². The van der Waals surface area contributed by atoms with Crippen LogP contribution >= 0.6 is 0 Å². The molecule has 152 valence electrons. The lowest BCUT2D eigenvalue weighted by Gasteiger charge is -2.27. The van der Waals surface area contributed by atoms with Gasteiger partial charge in [-0.05, 0) is 38.8 Å². The van der Waals surface area contributed by atoms with Gasteiger partial charge in [-0.1, -0.05) is 37.8 Å². The highest BCUT2D eigenvalue weighted by atomic mass is 16.2. The minimum Gasteiger partial charge on any atom is -0.350 e. The number of likely N-dealkylation sites (tertiary alicyclic amines) is 1. The van der Waals surface area contributed by atoms with Crippen LogP contribution in [0.1, 0.15) is 69.2 Å². The topological polar surface area (TPSA) is 78.5 Å². The molecule has 0 bridgehead atoms. The van der Waals surface area contributed by atoms with Crippen LogP contribution in [0.3, 0.4) is 0 Å². The number of para-hydroxylation sites is 1. The van der Waals surface area contributed by atoms with E-state index >= 15 is 0 Å². The summed E-state index contributed by atoms with van der Waals surface area (Å²) >= 11 is 0. The molecule has 6 heteroatoms. The Morgan fingerprint density at radius 2 is 1.75 bits per heavy atom. The zero-order valence-electron chi connectivity index (χ0n) is 16.9. The molecule has 1 atom stereocenters. The highest BCUT2D eigenvalue weighted by Crippen LogP contribution is 2.29. The van der Waals surface area contributed by atoms with Crippen molar-refractivity contribution in [3.8, 4) is 0 Å². The maximum absolute atomic E-state index is 12.8. The predicted octanol–water partition coefficient (Wildman–Crippen LogP) is 3.33. The molecule has 0 aromatic heterocycles. The first-order chi connectivity index (χ1) is 13.5. The quantitative estimate of drug-likeness (QED) is 0.763. The Kier molecular flexibility index (Phi) is 6.70. The van der Waals surface area contributed by atoms with Gasteiger partial charge in [0.25, 0.3) is 5.91 Å². The van der Waals surface area contributed by atoms with Crippen molar-refractivity contribution in [3.05, 3.63) is 29.8 Å². The lowest BCUT2D eigenvalue weighted by atomic mass is 10.1. The molecule has 1 heterocycles. The molecule has 3 amide bonds. The Balaban J connectivity index is 1.66. The van der Waals surface area contributed by atoms with Crippen molar-refractivity contribution in [1.29, 1.82) is 0 Å². The van der Waals surface area contributed by atoms with Gasteiger partial charge in [-0.3, -0.25) is 14.4 Å². The zero-order chi connectivity index (χ0) is 20.1. The van der Waals surface area contributed by atoms with E-state index in [0.717, 1.165) is 25.7 Å². The lowest BCUT2D eigenvalue weighted by Crippen LogP contribution is -2.37. The number of rotatable bonds is 5. The van der Waals surface area contributed by atoms with Crippen LogP contribution in [0, 0.1) is 5.92 Å². The summed E-state index contributed by atoms with van der Waals surface area (Å²) in [5, 5.41) is 5.74. The van der Waals surface area contributed by atoms with Crippen molar-refractivity contribution in [2.45, 2.75) is 70.9 Å².